The first-order valence-electron chi connectivity index (χ1n) is 9.27. The van der Waals surface area contributed by atoms with Gasteiger partial charge < -0.3 is 4.57 Å². The summed E-state index contributed by atoms with van der Waals surface area (Å²) < 4.78 is 30.2. The van der Waals surface area contributed by atoms with Crippen molar-refractivity contribution in [3.63, 3.8) is 0 Å². The zero-order chi connectivity index (χ0) is 18.9. The predicted octanol–water partition coefficient (Wildman–Crippen LogP) is 6.86. The summed E-state index contributed by atoms with van der Waals surface area (Å²) in [4.78, 5) is 0. The summed E-state index contributed by atoms with van der Waals surface area (Å²) in [6.07, 6.45) is 10.7. The SMILES string of the molecule is C[C@@H](c1cc(-c2cc(F)ccc2F)cn1CC1=CCCC=C1)C(C)(C)C. The number of nitrogens with zero attached hydrogens (tertiary/aromatic N) is 1. The fourth-order valence-electron chi connectivity index (χ4n) is 3.32. The van der Waals surface area contributed by atoms with E-state index in [2.05, 4.69) is 50.5 Å². The minimum absolute atomic E-state index is 0.0740. The van der Waals surface area contributed by atoms with E-state index in [-0.39, 0.29) is 11.3 Å². The third kappa shape index (κ3) is 3.98. The molecule has 26 heavy (non-hydrogen) atoms. The van der Waals surface area contributed by atoms with E-state index in [0.29, 0.717) is 5.56 Å². The van der Waals surface area contributed by atoms with Crippen LogP contribution in [0.3, 0.4) is 0 Å². The molecule has 3 rings (SSSR count). The van der Waals surface area contributed by atoms with Crippen LogP contribution in [0, 0.1) is 17.0 Å². The first-order valence-corrected chi connectivity index (χ1v) is 9.27. The lowest BCUT2D eigenvalue weighted by atomic mass is 9.80. The molecule has 0 spiro atoms. The van der Waals surface area contributed by atoms with Gasteiger partial charge in [-0.1, -0.05) is 45.9 Å². The van der Waals surface area contributed by atoms with Gasteiger partial charge in [0.15, 0.2) is 0 Å². The van der Waals surface area contributed by atoms with Crippen molar-refractivity contribution in [2.75, 3.05) is 0 Å². The first kappa shape index (κ1) is 18.6. The molecule has 0 amide bonds. The quantitative estimate of drug-likeness (QED) is 0.564. The summed E-state index contributed by atoms with van der Waals surface area (Å²) >= 11 is 0. The highest BCUT2D eigenvalue weighted by Gasteiger charge is 2.26. The molecule has 1 aromatic heterocycles. The fourth-order valence-corrected chi connectivity index (χ4v) is 3.32. The van der Waals surface area contributed by atoms with Crippen LogP contribution < -0.4 is 0 Å². The Labute approximate surface area is 155 Å². The van der Waals surface area contributed by atoms with Crippen molar-refractivity contribution in [3.05, 3.63) is 71.6 Å². The van der Waals surface area contributed by atoms with Crippen LogP contribution in [0.15, 0.2) is 54.3 Å². The highest BCUT2D eigenvalue weighted by Crippen LogP contribution is 2.38. The molecule has 1 nitrogen and oxygen atoms in total. The summed E-state index contributed by atoms with van der Waals surface area (Å²) in [6.45, 7) is 9.57. The van der Waals surface area contributed by atoms with Crippen molar-refractivity contribution in [1.82, 2.24) is 4.57 Å². The van der Waals surface area contributed by atoms with Crippen LogP contribution in [-0.2, 0) is 6.54 Å². The van der Waals surface area contributed by atoms with Crippen molar-refractivity contribution in [2.24, 2.45) is 5.41 Å². The molecule has 1 aliphatic rings. The number of benzene rings is 1. The van der Waals surface area contributed by atoms with E-state index in [0.717, 1.165) is 36.7 Å². The molecule has 0 aliphatic heterocycles. The normalized spacial score (nSPS) is 15.8. The molecule has 0 saturated heterocycles. The van der Waals surface area contributed by atoms with E-state index in [4.69, 9.17) is 0 Å². The second kappa shape index (κ2) is 7.22. The van der Waals surface area contributed by atoms with Gasteiger partial charge in [-0.3, -0.25) is 0 Å². The molecular formula is C23H27F2N. The molecule has 0 radical (unpaired) electrons. The van der Waals surface area contributed by atoms with Gasteiger partial charge in [-0.05, 0) is 48.1 Å². The Morgan fingerprint density at radius 1 is 1.12 bits per heavy atom. The van der Waals surface area contributed by atoms with Gasteiger partial charge in [-0.15, -0.1) is 0 Å². The fraction of sp³-hybridized carbons (Fsp3) is 0.391. The van der Waals surface area contributed by atoms with Gasteiger partial charge in [0.05, 0.1) is 0 Å². The molecule has 2 aromatic rings. The Hall–Kier alpha value is -2.16. The predicted molar refractivity (Wildman–Crippen MR) is 104 cm³/mol. The molecule has 0 unspecified atom stereocenters. The van der Waals surface area contributed by atoms with Crippen molar-refractivity contribution < 1.29 is 8.78 Å². The standard InChI is InChI=1S/C23H27F2N/c1-16(23(2,3)4)22-12-18(20-13-19(24)10-11-21(20)25)15-26(22)14-17-8-6-5-7-9-17/h6,8-13,15-16H,5,7,14H2,1-4H3/t16-/m0/s1. The monoisotopic (exact) mass is 355 g/mol. The van der Waals surface area contributed by atoms with Crippen LogP contribution in [0.2, 0.25) is 0 Å². The molecule has 1 atom stereocenters. The molecule has 1 aliphatic carbocycles. The van der Waals surface area contributed by atoms with Gasteiger partial charge in [-0.25, -0.2) is 8.78 Å². The Kier molecular flexibility index (Phi) is 5.17. The minimum Gasteiger partial charge on any atom is -0.346 e. The van der Waals surface area contributed by atoms with Gasteiger partial charge in [0.25, 0.3) is 0 Å². The van der Waals surface area contributed by atoms with E-state index in [1.54, 1.807) is 0 Å². The smallest absolute Gasteiger partial charge is 0.131 e. The number of halogens is 2. The average Bonchev–Trinajstić information content (AvgIpc) is 2.99. The molecule has 138 valence electrons. The summed E-state index contributed by atoms with van der Waals surface area (Å²) in [7, 11) is 0. The number of hydrogen-bond acceptors (Lipinski definition) is 0. The third-order valence-electron chi connectivity index (χ3n) is 5.34. The molecule has 0 N–H and O–H groups in total. The second-order valence-corrected chi connectivity index (χ2v) is 8.25. The molecule has 0 saturated carbocycles. The van der Waals surface area contributed by atoms with Gasteiger partial charge >= 0.3 is 0 Å². The van der Waals surface area contributed by atoms with E-state index >= 15 is 0 Å². The first-order chi connectivity index (χ1) is 12.3. The Morgan fingerprint density at radius 2 is 1.88 bits per heavy atom. The van der Waals surface area contributed by atoms with Crippen LogP contribution in [-0.4, -0.2) is 4.57 Å². The molecule has 1 aromatic carbocycles. The van der Waals surface area contributed by atoms with Crippen molar-refractivity contribution in [1.29, 1.82) is 0 Å². The Bertz CT molecular complexity index is 850. The van der Waals surface area contributed by atoms with Crippen LogP contribution in [0.1, 0.15) is 52.1 Å². The highest BCUT2D eigenvalue weighted by atomic mass is 19.1. The van der Waals surface area contributed by atoms with Crippen molar-refractivity contribution >= 4 is 0 Å². The number of rotatable bonds is 4. The van der Waals surface area contributed by atoms with Crippen LogP contribution >= 0.6 is 0 Å². The number of allylic oxidation sites excluding steroid dienone is 4. The van der Waals surface area contributed by atoms with Crippen molar-refractivity contribution in [3.8, 4) is 11.1 Å². The number of aromatic nitrogens is 1. The molecular weight excluding hydrogens is 328 g/mol. The minimum atomic E-state index is -0.419. The number of hydrogen-bond donors (Lipinski definition) is 0. The van der Waals surface area contributed by atoms with Gasteiger partial charge in [0.1, 0.15) is 11.6 Å². The van der Waals surface area contributed by atoms with E-state index < -0.39 is 11.6 Å². The Balaban J connectivity index is 2.06. The van der Waals surface area contributed by atoms with Crippen LogP contribution in [0.25, 0.3) is 11.1 Å². The summed E-state index contributed by atoms with van der Waals surface area (Å²) in [6, 6.07) is 5.65. The van der Waals surface area contributed by atoms with E-state index in [1.807, 2.05) is 12.3 Å². The maximum atomic E-state index is 14.3. The van der Waals surface area contributed by atoms with Crippen molar-refractivity contribution in [2.45, 2.75) is 53.0 Å². The lowest BCUT2D eigenvalue weighted by molar-refractivity contribution is 0.327. The van der Waals surface area contributed by atoms with Crippen LogP contribution in [0.5, 0.6) is 0 Å². The molecule has 0 fully saturated rings. The lowest BCUT2D eigenvalue weighted by Gasteiger charge is -2.28. The summed E-state index contributed by atoms with van der Waals surface area (Å²) in [5.41, 5.74) is 3.54. The van der Waals surface area contributed by atoms with Gasteiger partial charge in [-0.2, -0.15) is 0 Å². The lowest BCUT2D eigenvalue weighted by Crippen LogP contribution is -2.19. The van der Waals surface area contributed by atoms with E-state index in [1.165, 1.54) is 17.7 Å². The maximum absolute atomic E-state index is 14.3. The largest absolute Gasteiger partial charge is 0.346 e. The Morgan fingerprint density at radius 3 is 2.54 bits per heavy atom. The molecule has 3 heteroatoms. The molecule has 1 heterocycles. The van der Waals surface area contributed by atoms with Crippen LogP contribution in [0.4, 0.5) is 8.78 Å². The van der Waals surface area contributed by atoms with Gasteiger partial charge in [0.2, 0.25) is 0 Å². The topological polar surface area (TPSA) is 4.93 Å². The summed E-state index contributed by atoms with van der Waals surface area (Å²) in [5.74, 6) is -0.533. The highest BCUT2D eigenvalue weighted by molar-refractivity contribution is 5.65. The second-order valence-electron chi connectivity index (χ2n) is 8.25. The maximum Gasteiger partial charge on any atom is 0.131 e. The zero-order valence-corrected chi connectivity index (χ0v) is 16.0. The molecule has 0 bridgehead atoms. The third-order valence-corrected chi connectivity index (χ3v) is 5.34. The summed E-state index contributed by atoms with van der Waals surface area (Å²) in [5, 5.41) is 0. The zero-order valence-electron chi connectivity index (χ0n) is 16.0. The average molecular weight is 355 g/mol. The van der Waals surface area contributed by atoms with Gasteiger partial charge in [0, 0.05) is 35.5 Å². The van der Waals surface area contributed by atoms with E-state index in [9.17, 15) is 8.78 Å².